The van der Waals surface area contributed by atoms with Crippen molar-refractivity contribution in [3.63, 3.8) is 0 Å². The fourth-order valence-corrected chi connectivity index (χ4v) is 2.65. The number of rotatable bonds is 7. The number of nitrogens with one attached hydrogen (secondary N) is 1. The highest BCUT2D eigenvalue weighted by Crippen LogP contribution is 2.16. The van der Waals surface area contributed by atoms with Gasteiger partial charge in [-0.2, -0.15) is 5.10 Å². The largest absolute Gasteiger partial charge is 0.367 e. The monoisotopic (exact) mass is 335 g/mol. The Labute approximate surface area is 147 Å². The van der Waals surface area contributed by atoms with Gasteiger partial charge in [-0.05, 0) is 23.8 Å². The first-order valence-corrected chi connectivity index (χ1v) is 8.23. The van der Waals surface area contributed by atoms with E-state index >= 15 is 0 Å². The topological polar surface area (TPSA) is 56.1 Å². The van der Waals surface area contributed by atoms with Crippen molar-refractivity contribution in [1.29, 1.82) is 0 Å². The minimum atomic E-state index is -0.594. The molecule has 0 saturated heterocycles. The van der Waals surface area contributed by atoms with Crippen LogP contribution in [0.15, 0.2) is 72.9 Å². The Balaban J connectivity index is 1.54. The van der Waals surface area contributed by atoms with E-state index in [-0.39, 0.29) is 5.91 Å². The van der Waals surface area contributed by atoms with Crippen molar-refractivity contribution in [2.45, 2.75) is 12.5 Å². The van der Waals surface area contributed by atoms with Crippen LogP contribution < -0.4 is 5.32 Å². The summed E-state index contributed by atoms with van der Waals surface area (Å²) < 4.78 is 7.16. The van der Waals surface area contributed by atoms with Crippen LogP contribution in [0.5, 0.6) is 0 Å². The van der Waals surface area contributed by atoms with Crippen molar-refractivity contribution in [2.24, 2.45) is 0 Å². The van der Waals surface area contributed by atoms with Crippen molar-refractivity contribution < 1.29 is 9.53 Å². The first kappa shape index (κ1) is 16.9. The number of amides is 1. The first-order valence-electron chi connectivity index (χ1n) is 8.23. The highest BCUT2D eigenvalue weighted by Gasteiger charge is 2.19. The number of aromatic nitrogens is 2. The van der Waals surface area contributed by atoms with Crippen LogP contribution in [0.4, 0.5) is 0 Å². The lowest BCUT2D eigenvalue weighted by Gasteiger charge is -2.15. The lowest BCUT2D eigenvalue weighted by molar-refractivity contribution is -0.131. The van der Waals surface area contributed by atoms with Crippen molar-refractivity contribution in [2.75, 3.05) is 13.7 Å². The zero-order chi connectivity index (χ0) is 17.5. The predicted molar refractivity (Wildman–Crippen MR) is 96.5 cm³/mol. The molecule has 0 radical (unpaired) electrons. The minimum absolute atomic E-state index is 0.142. The van der Waals surface area contributed by atoms with Crippen LogP contribution in [-0.2, 0) is 16.0 Å². The number of carbonyl (C=O) groups excluding carboxylic acids is 1. The van der Waals surface area contributed by atoms with Crippen molar-refractivity contribution in [3.05, 3.63) is 84.2 Å². The standard InChI is InChI=1S/C20H21N3O2/c1-25-19(16-8-4-2-5-9-16)20(24)21-14-12-17-13-15-23(22-17)18-10-6-3-7-11-18/h2-11,13,15,19H,12,14H2,1H3,(H,21,24)/t19-/m1/s1. The zero-order valence-electron chi connectivity index (χ0n) is 14.1. The maximum atomic E-state index is 12.3. The van der Waals surface area contributed by atoms with Crippen LogP contribution in [0.1, 0.15) is 17.4 Å². The number of para-hydroxylation sites is 1. The second kappa shape index (κ2) is 8.26. The van der Waals surface area contributed by atoms with Crippen LogP contribution in [0, 0.1) is 0 Å². The van der Waals surface area contributed by atoms with E-state index in [1.165, 1.54) is 0 Å². The Kier molecular flexibility index (Phi) is 5.59. The molecule has 0 saturated carbocycles. The molecule has 0 spiro atoms. The van der Waals surface area contributed by atoms with Gasteiger partial charge in [-0.3, -0.25) is 4.79 Å². The second-order valence-corrected chi connectivity index (χ2v) is 5.65. The molecule has 1 heterocycles. The van der Waals surface area contributed by atoms with Crippen LogP contribution in [-0.4, -0.2) is 29.3 Å². The highest BCUT2D eigenvalue weighted by atomic mass is 16.5. The summed E-state index contributed by atoms with van der Waals surface area (Å²) in [6.45, 7) is 0.511. The molecule has 0 unspecified atom stereocenters. The number of nitrogens with zero attached hydrogens (tertiary/aromatic N) is 2. The fraction of sp³-hybridized carbons (Fsp3) is 0.200. The van der Waals surface area contributed by atoms with E-state index in [1.54, 1.807) is 7.11 Å². The maximum Gasteiger partial charge on any atom is 0.253 e. The summed E-state index contributed by atoms with van der Waals surface area (Å²) in [6, 6.07) is 21.4. The van der Waals surface area contributed by atoms with E-state index in [2.05, 4.69) is 10.4 Å². The van der Waals surface area contributed by atoms with E-state index in [0.717, 1.165) is 16.9 Å². The molecular weight excluding hydrogens is 314 g/mol. The molecule has 5 heteroatoms. The lowest BCUT2D eigenvalue weighted by Crippen LogP contribution is -2.32. The molecule has 0 aliphatic heterocycles. The molecule has 3 rings (SSSR count). The lowest BCUT2D eigenvalue weighted by atomic mass is 10.1. The van der Waals surface area contributed by atoms with Crippen LogP contribution in [0.2, 0.25) is 0 Å². The van der Waals surface area contributed by atoms with Gasteiger partial charge in [0.1, 0.15) is 0 Å². The molecule has 0 aliphatic rings. The van der Waals surface area contributed by atoms with Crippen LogP contribution >= 0.6 is 0 Å². The summed E-state index contributed by atoms with van der Waals surface area (Å²) in [5.41, 5.74) is 2.79. The molecule has 0 bridgehead atoms. The average molecular weight is 335 g/mol. The molecule has 0 aliphatic carbocycles. The van der Waals surface area contributed by atoms with Crippen molar-refractivity contribution in [3.8, 4) is 5.69 Å². The normalized spacial score (nSPS) is 11.9. The number of hydrogen-bond acceptors (Lipinski definition) is 3. The molecule has 3 aromatic rings. The van der Waals surface area contributed by atoms with Gasteiger partial charge < -0.3 is 10.1 Å². The molecule has 5 nitrogen and oxygen atoms in total. The van der Waals surface area contributed by atoms with Gasteiger partial charge in [-0.15, -0.1) is 0 Å². The minimum Gasteiger partial charge on any atom is -0.367 e. The summed E-state index contributed by atoms with van der Waals surface area (Å²) in [4.78, 5) is 12.3. The maximum absolute atomic E-state index is 12.3. The molecule has 2 aromatic carbocycles. The van der Waals surface area contributed by atoms with Gasteiger partial charge in [0.15, 0.2) is 6.10 Å². The SMILES string of the molecule is CO[C@@H](C(=O)NCCc1ccn(-c2ccccc2)n1)c1ccccc1. The third-order valence-electron chi connectivity index (χ3n) is 3.92. The van der Waals surface area contributed by atoms with Gasteiger partial charge >= 0.3 is 0 Å². The Morgan fingerprint density at radius 2 is 1.76 bits per heavy atom. The van der Waals surface area contributed by atoms with E-state index in [4.69, 9.17) is 4.74 Å². The average Bonchev–Trinajstić information content (AvgIpc) is 3.13. The van der Waals surface area contributed by atoms with Crippen LogP contribution in [0.25, 0.3) is 5.69 Å². The smallest absolute Gasteiger partial charge is 0.253 e. The summed E-state index contributed by atoms with van der Waals surface area (Å²) in [7, 11) is 1.54. The Hall–Kier alpha value is -2.92. The number of carbonyl (C=O) groups is 1. The molecule has 0 fully saturated rings. The Morgan fingerprint density at radius 1 is 1.08 bits per heavy atom. The summed E-state index contributed by atoms with van der Waals surface area (Å²) in [6.07, 6.45) is 1.99. The van der Waals surface area contributed by atoms with E-state index in [0.29, 0.717) is 13.0 Å². The number of methoxy groups -OCH3 is 1. The molecule has 1 aromatic heterocycles. The third kappa shape index (κ3) is 4.33. The summed E-state index contributed by atoms with van der Waals surface area (Å²) >= 11 is 0. The van der Waals surface area contributed by atoms with Gasteiger partial charge in [0.25, 0.3) is 5.91 Å². The van der Waals surface area contributed by atoms with E-state index in [9.17, 15) is 4.79 Å². The zero-order valence-corrected chi connectivity index (χ0v) is 14.1. The van der Waals surface area contributed by atoms with Crippen molar-refractivity contribution in [1.82, 2.24) is 15.1 Å². The molecule has 25 heavy (non-hydrogen) atoms. The summed E-state index contributed by atoms with van der Waals surface area (Å²) in [5.74, 6) is -0.142. The quantitative estimate of drug-likeness (QED) is 0.722. The molecular formula is C20H21N3O2. The predicted octanol–water partition coefficient (Wildman–Crippen LogP) is 2.92. The first-order chi connectivity index (χ1) is 12.3. The molecule has 1 N–H and O–H groups in total. The van der Waals surface area contributed by atoms with E-state index in [1.807, 2.05) is 77.6 Å². The second-order valence-electron chi connectivity index (χ2n) is 5.65. The van der Waals surface area contributed by atoms with Crippen LogP contribution in [0.3, 0.4) is 0 Å². The molecule has 128 valence electrons. The Bertz CT molecular complexity index is 800. The Morgan fingerprint density at radius 3 is 2.44 bits per heavy atom. The van der Waals surface area contributed by atoms with Gasteiger partial charge in [-0.25, -0.2) is 4.68 Å². The third-order valence-corrected chi connectivity index (χ3v) is 3.92. The van der Waals surface area contributed by atoms with Gasteiger partial charge in [0, 0.05) is 26.3 Å². The fourth-order valence-electron chi connectivity index (χ4n) is 2.65. The molecule has 1 amide bonds. The summed E-state index contributed by atoms with van der Waals surface area (Å²) in [5, 5.41) is 7.45. The van der Waals surface area contributed by atoms with Gasteiger partial charge in [-0.1, -0.05) is 48.5 Å². The van der Waals surface area contributed by atoms with Crippen molar-refractivity contribution >= 4 is 5.91 Å². The highest BCUT2D eigenvalue weighted by molar-refractivity contribution is 5.82. The number of ether oxygens (including phenoxy) is 1. The van der Waals surface area contributed by atoms with E-state index < -0.39 is 6.10 Å². The van der Waals surface area contributed by atoms with Gasteiger partial charge in [0.05, 0.1) is 11.4 Å². The number of hydrogen-bond donors (Lipinski definition) is 1. The number of benzene rings is 2. The molecule has 1 atom stereocenters. The van der Waals surface area contributed by atoms with Gasteiger partial charge in [0.2, 0.25) is 0 Å².